The summed E-state index contributed by atoms with van der Waals surface area (Å²) in [7, 11) is -7.15. The third-order valence-electron chi connectivity index (χ3n) is 2.83. The number of anilines is 1. The molecule has 0 radical (unpaired) electrons. The molecule has 118 valence electrons. The maximum absolute atomic E-state index is 12.2. The van der Waals surface area contributed by atoms with Crippen LogP contribution in [0.5, 0.6) is 0 Å². The molecule has 1 aromatic carbocycles. The fourth-order valence-electron chi connectivity index (χ4n) is 1.66. The molecule has 0 unspecified atom stereocenters. The number of halogens is 1. The lowest BCUT2D eigenvalue weighted by Gasteiger charge is -2.09. The molecule has 1 aromatic heterocycles. The Balaban J connectivity index is 2.30. The molecule has 22 heavy (non-hydrogen) atoms. The Hall–Kier alpha value is -1.64. The van der Waals surface area contributed by atoms with Crippen LogP contribution < -0.4 is 4.72 Å². The summed E-state index contributed by atoms with van der Waals surface area (Å²) in [6.07, 6.45) is 2.23. The molecule has 0 saturated carbocycles. The number of sulfone groups is 1. The van der Waals surface area contributed by atoms with E-state index in [4.69, 9.17) is 11.6 Å². The molecule has 0 spiro atoms. The van der Waals surface area contributed by atoms with Crippen molar-refractivity contribution >= 4 is 37.1 Å². The van der Waals surface area contributed by atoms with Gasteiger partial charge in [-0.3, -0.25) is 4.72 Å². The number of nitrogens with one attached hydrogen (secondary N) is 1. The number of hydrogen-bond donors (Lipinski definition) is 1. The van der Waals surface area contributed by atoms with Crippen LogP contribution in [0.3, 0.4) is 0 Å². The van der Waals surface area contributed by atoms with Gasteiger partial charge in [0.15, 0.2) is 9.84 Å². The lowest BCUT2D eigenvalue weighted by molar-refractivity contribution is 0.600. The van der Waals surface area contributed by atoms with Crippen LogP contribution in [-0.2, 0) is 19.9 Å². The Morgan fingerprint density at radius 2 is 1.64 bits per heavy atom. The molecule has 0 atom stereocenters. The number of aryl methyl sites for hydroxylation is 1. The van der Waals surface area contributed by atoms with Crippen LogP contribution >= 0.6 is 11.6 Å². The average molecular weight is 361 g/mol. The van der Waals surface area contributed by atoms with Crippen molar-refractivity contribution < 1.29 is 16.8 Å². The highest BCUT2D eigenvalue weighted by atomic mass is 35.5. The zero-order chi connectivity index (χ0) is 16.5. The first-order valence-corrected chi connectivity index (χ1v) is 9.80. The number of pyridine rings is 1. The molecule has 6 nitrogen and oxygen atoms in total. The van der Waals surface area contributed by atoms with Crippen molar-refractivity contribution in [3.05, 3.63) is 47.2 Å². The van der Waals surface area contributed by atoms with E-state index in [-0.39, 0.29) is 20.6 Å². The average Bonchev–Trinajstić information content (AvgIpc) is 2.41. The van der Waals surface area contributed by atoms with Crippen molar-refractivity contribution in [1.82, 2.24) is 4.98 Å². The first-order valence-electron chi connectivity index (χ1n) is 6.05. The maximum atomic E-state index is 12.2. The van der Waals surface area contributed by atoms with E-state index >= 15 is 0 Å². The lowest BCUT2D eigenvalue weighted by Crippen LogP contribution is -2.13. The summed E-state index contributed by atoms with van der Waals surface area (Å²) >= 11 is 5.77. The van der Waals surface area contributed by atoms with Crippen LogP contribution in [0.25, 0.3) is 0 Å². The smallest absolute Gasteiger partial charge is 0.263 e. The number of benzene rings is 1. The zero-order valence-corrected chi connectivity index (χ0v) is 14.1. The summed E-state index contributed by atoms with van der Waals surface area (Å²) in [5.41, 5.74) is 0.789. The van der Waals surface area contributed by atoms with Gasteiger partial charge in [0, 0.05) is 18.1 Å². The van der Waals surface area contributed by atoms with Crippen molar-refractivity contribution in [3.8, 4) is 0 Å². The number of rotatable bonds is 4. The summed E-state index contributed by atoms with van der Waals surface area (Å²) in [4.78, 5) is 3.88. The topological polar surface area (TPSA) is 93.2 Å². The summed E-state index contributed by atoms with van der Waals surface area (Å²) in [6, 6.07) is 6.83. The molecule has 0 bridgehead atoms. The van der Waals surface area contributed by atoms with Crippen LogP contribution in [0, 0.1) is 6.92 Å². The monoisotopic (exact) mass is 360 g/mol. The molecule has 0 saturated heterocycles. The van der Waals surface area contributed by atoms with Gasteiger partial charge in [-0.2, -0.15) is 0 Å². The van der Waals surface area contributed by atoms with Crippen molar-refractivity contribution in [2.24, 2.45) is 0 Å². The van der Waals surface area contributed by atoms with E-state index < -0.39 is 19.9 Å². The minimum Gasteiger partial charge on any atom is -0.280 e. The van der Waals surface area contributed by atoms with Crippen molar-refractivity contribution in [1.29, 1.82) is 0 Å². The van der Waals surface area contributed by atoms with Gasteiger partial charge in [-0.05, 0) is 42.8 Å². The summed E-state index contributed by atoms with van der Waals surface area (Å²) in [6.45, 7) is 1.65. The molecule has 0 aliphatic carbocycles. The fourth-order valence-corrected chi connectivity index (χ4v) is 3.48. The van der Waals surface area contributed by atoms with E-state index in [2.05, 4.69) is 9.71 Å². The molecule has 2 aromatic rings. The Kier molecular flexibility index (Phi) is 4.46. The quantitative estimate of drug-likeness (QED) is 0.844. The Labute approximate surface area is 134 Å². The minimum atomic E-state index is -3.82. The summed E-state index contributed by atoms with van der Waals surface area (Å²) in [5, 5.41) is 0.233. The normalized spacial score (nSPS) is 12.1. The largest absolute Gasteiger partial charge is 0.280 e. The SMILES string of the molecule is Cc1cc(S(=O)(=O)Nc2ccc(S(C)(=O)=O)cc2)cnc1Cl. The first-order chi connectivity index (χ1) is 10.1. The van der Waals surface area contributed by atoms with Gasteiger partial charge in [0.25, 0.3) is 10.0 Å². The van der Waals surface area contributed by atoms with Gasteiger partial charge in [-0.25, -0.2) is 21.8 Å². The zero-order valence-electron chi connectivity index (χ0n) is 11.7. The van der Waals surface area contributed by atoms with Gasteiger partial charge < -0.3 is 0 Å². The van der Waals surface area contributed by atoms with Crippen LogP contribution in [0.2, 0.25) is 5.15 Å². The minimum absolute atomic E-state index is 0.0263. The van der Waals surface area contributed by atoms with Gasteiger partial charge >= 0.3 is 0 Å². The van der Waals surface area contributed by atoms with E-state index in [1.54, 1.807) is 6.92 Å². The molecule has 0 amide bonds. The molecule has 1 heterocycles. The van der Waals surface area contributed by atoms with E-state index in [0.29, 0.717) is 5.56 Å². The highest BCUT2D eigenvalue weighted by Crippen LogP contribution is 2.20. The molecular weight excluding hydrogens is 348 g/mol. The molecule has 0 aliphatic heterocycles. The van der Waals surface area contributed by atoms with Crippen molar-refractivity contribution in [2.75, 3.05) is 11.0 Å². The van der Waals surface area contributed by atoms with E-state index in [9.17, 15) is 16.8 Å². The molecule has 9 heteroatoms. The second kappa shape index (κ2) is 5.86. The predicted octanol–water partition coefficient (Wildman–Crippen LogP) is 2.25. The standard InChI is InChI=1S/C13H13ClN2O4S2/c1-9-7-12(8-15-13(9)14)22(19,20)16-10-3-5-11(6-4-10)21(2,17)18/h3-8,16H,1-2H3. The van der Waals surface area contributed by atoms with Crippen LogP contribution in [-0.4, -0.2) is 28.1 Å². The van der Waals surface area contributed by atoms with E-state index in [1.165, 1.54) is 30.3 Å². The fraction of sp³-hybridized carbons (Fsp3) is 0.154. The van der Waals surface area contributed by atoms with E-state index in [0.717, 1.165) is 12.5 Å². The number of hydrogen-bond acceptors (Lipinski definition) is 5. The second-order valence-electron chi connectivity index (χ2n) is 4.68. The summed E-state index contributed by atoms with van der Waals surface area (Å²) < 4.78 is 49.5. The first kappa shape index (κ1) is 16.7. The van der Waals surface area contributed by atoms with Gasteiger partial charge in [-0.1, -0.05) is 11.6 Å². The van der Waals surface area contributed by atoms with Crippen molar-refractivity contribution in [2.45, 2.75) is 16.7 Å². The summed E-state index contributed by atoms with van der Waals surface area (Å²) in [5.74, 6) is 0. The molecule has 0 fully saturated rings. The molecule has 2 rings (SSSR count). The van der Waals surface area contributed by atoms with Gasteiger partial charge in [0.1, 0.15) is 10.0 Å². The van der Waals surface area contributed by atoms with Gasteiger partial charge in [0.05, 0.1) is 4.90 Å². The third-order valence-corrected chi connectivity index (χ3v) is 5.71. The van der Waals surface area contributed by atoms with Gasteiger partial charge in [0.2, 0.25) is 0 Å². The molecule has 0 aliphatic rings. The Bertz CT molecular complexity index is 908. The molecular formula is C13H13ClN2O4S2. The van der Waals surface area contributed by atoms with Gasteiger partial charge in [-0.15, -0.1) is 0 Å². The number of nitrogens with zero attached hydrogens (tertiary/aromatic N) is 1. The Morgan fingerprint density at radius 1 is 1.05 bits per heavy atom. The van der Waals surface area contributed by atoms with Crippen LogP contribution in [0.4, 0.5) is 5.69 Å². The highest BCUT2D eigenvalue weighted by molar-refractivity contribution is 7.92. The van der Waals surface area contributed by atoms with Crippen molar-refractivity contribution in [3.63, 3.8) is 0 Å². The maximum Gasteiger partial charge on any atom is 0.263 e. The molecule has 1 N–H and O–H groups in total. The second-order valence-corrected chi connectivity index (χ2v) is 8.74. The third kappa shape index (κ3) is 3.76. The highest BCUT2D eigenvalue weighted by Gasteiger charge is 2.16. The van der Waals surface area contributed by atoms with E-state index in [1.807, 2.05) is 0 Å². The Morgan fingerprint density at radius 3 is 2.14 bits per heavy atom. The predicted molar refractivity (Wildman–Crippen MR) is 84.3 cm³/mol. The van der Waals surface area contributed by atoms with Crippen LogP contribution in [0.1, 0.15) is 5.56 Å². The van der Waals surface area contributed by atoms with Crippen LogP contribution in [0.15, 0.2) is 46.3 Å². The number of sulfonamides is 1. The number of aromatic nitrogens is 1. The lowest BCUT2D eigenvalue weighted by atomic mass is 10.3.